The topological polar surface area (TPSA) is 20.7 Å². The molecular formula is C17H17FN2S. The first-order chi connectivity index (χ1) is 10.1. The van der Waals surface area contributed by atoms with Gasteiger partial charge in [-0.15, -0.1) is 0 Å². The summed E-state index contributed by atoms with van der Waals surface area (Å²) in [5.41, 5.74) is 3.03. The monoisotopic (exact) mass is 300 g/mol. The van der Waals surface area contributed by atoms with Crippen LogP contribution in [0.15, 0.2) is 48.5 Å². The number of nitrogens with one attached hydrogen (secondary N) is 1. The molecule has 3 aromatic rings. The molecule has 0 aliphatic heterocycles. The summed E-state index contributed by atoms with van der Waals surface area (Å²) in [6.45, 7) is 2.98. The number of hydrogen-bond acceptors (Lipinski definition) is 1. The number of nitrogens with zero attached hydrogens (tertiary/aromatic N) is 1. The summed E-state index contributed by atoms with van der Waals surface area (Å²) in [5, 5.41) is 0. The average Bonchev–Trinajstić information content (AvgIpc) is 2.80. The van der Waals surface area contributed by atoms with Crippen LogP contribution >= 0.6 is 12.2 Å². The Morgan fingerprint density at radius 2 is 1.95 bits per heavy atom. The van der Waals surface area contributed by atoms with Crippen LogP contribution < -0.4 is 0 Å². The standard InChI is InChI=1S/C17H17FN2S/c1-12(13-5-3-2-4-6-13)9-10-20-16-11-14(18)7-8-15(16)19-17(20)21/h2-8,11-12H,9-10H2,1H3,(H,19,21). The highest BCUT2D eigenvalue weighted by atomic mass is 32.1. The van der Waals surface area contributed by atoms with Crippen LogP contribution in [0.4, 0.5) is 4.39 Å². The van der Waals surface area contributed by atoms with Crippen LogP contribution in [0, 0.1) is 10.6 Å². The van der Waals surface area contributed by atoms with Crippen molar-refractivity contribution in [3.8, 4) is 0 Å². The largest absolute Gasteiger partial charge is 0.331 e. The van der Waals surface area contributed by atoms with E-state index in [9.17, 15) is 4.39 Å². The molecule has 2 aromatic carbocycles. The molecular weight excluding hydrogens is 283 g/mol. The molecule has 0 aliphatic rings. The summed E-state index contributed by atoms with van der Waals surface area (Å²) in [6, 6.07) is 15.1. The van der Waals surface area contributed by atoms with E-state index in [1.54, 1.807) is 6.07 Å². The Hall–Kier alpha value is -1.94. The van der Waals surface area contributed by atoms with Crippen LogP contribution in [0.2, 0.25) is 0 Å². The van der Waals surface area contributed by atoms with Gasteiger partial charge < -0.3 is 9.55 Å². The summed E-state index contributed by atoms with van der Waals surface area (Å²) in [6.07, 6.45) is 0.960. The van der Waals surface area contributed by atoms with E-state index in [4.69, 9.17) is 12.2 Å². The van der Waals surface area contributed by atoms with Crippen LogP contribution in [0.3, 0.4) is 0 Å². The Balaban J connectivity index is 1.84. The third kappa shape index (κ3) is 2.90. The summed E-state index contributed by atoms with van der Waals surface area (Å²) in [5.74, 6) is 0.202. The van der Waals surface area contributed by atoms with Crippen molar-refractivity contribution in [3.05, 3.63) is 64.7 Å². The van der Waals surface area contributed by atoms with E-state index in [2.05, 4.69) is 36.2 Å². The zero-order valence-corrected chi connectivity index (χ0v) is 12.7. The smallest absolute Gasteiger partial charge is 0.178 e. The molecule has 108 valence electrons. The van der Waals surface area contributed by atoms with Crippen molar-refractivity contribution in [2.45, 2.75) is 25.8 Å². The number of imidazole rings is 1. The summed E-state index contributed by atoms with van der Waals surface area (Å²) >= 11 is 5.35. The molecule has 1 aromatic heterocycles. The third-order valence-corrected chi connectivity index (χ3v) is 4.21. The SMILES string of the molecule is CC(CCn1c(=S)[nH]c2ccc(F)cc21)c1ccccc1. The van der Waals surface area contributed by atoms with E-state index >= 15 is 0 Å². The van der Waals surface area contributed by atoms with Gasteiger partial charge in [-0.2, -0.15) is 0 Å². The second-order valence-electron chi connectivity index (χ2n) is 5.34. The van der Waals surface area contributed by atoms with Crippen LogP contribution in [0.5, 0.6) is 0 Å². The maximum atomic E-state index is 13.4. The Labute approximate surface area is 128 Å². The number of benzene rings is 2. The normalized spacial score (nSPS) is 12.7. The highest BCUT2D eigenvalue weighted by Crippen LogP contribution is 2.22. The lowest BCUT2D eigenvalue weighted by Crippen LogP contribution is -2.03. The van der Waals surface area contributed by atoms with Crippen molar-refractivity contribution >= 4 is 23.3 Å². The maximum Gasteiger partial charge on any atom is 0.178 e. The zero-order chi connectivity index (χ0) is 14.8. The van der Waals surface area contributed by atoms with Crippen molar-refractivity contribution in [2.75, 3.05) is 0 Å². The first kappa shape index (κ1) is 14.0. The highest BCUT2D eigenvalue weighted by Gasteiger charge is 2.09. The van der Waals surface area contributed by atoms with Crippen molar-refractivity contribution < 1.29 is 4.39 Å². The predicted octanol–water partition coefficient (Wildman–Crippen LogP) is 5.03. The van der Waals surface area contributed by atoms with Gasteiger partial charge in [-0.1, -0.05) is 37.3 Å². The molecule has 1 atom stereocenters. The number of H-pyrrole nitrogens is 1. The fourth-order valence-electron chi connectivity index (χ4n) is 2.62. The predicted molar refractivity (Wildman–Crippen MR) is 86.6 cm³/mol. The van der Waals surface area contributed by atoms with Gasteiger partial charge in [0.2, 0.25) is 0 Å². The van der Waals surface area contributed by atoms with E-state index in [0.29, 0.717) is 10.7 Å². The van der Waals surface area contributed by atoms with E-state index in [0.717, 1.165) is 24.0 Å². The van der Waals surface area contributed by atoms with Gasteiger partial charge in [-0.05, 0) is 48.3 Å². The molecule has 4 heteroatoms. The van der Waals surface area contributed by atoms with Gasteiger partial charge in [0, 0.05) is 6.54 Å². The van der Waals surface area contributed by atoms with Gasteiger partial charge in [-0.3, -0.25) is 0 Å². The lowest BCUT2D eigenvalue weighted by molar-refractivity contribution is 0.580. The number of aryl methyl sites for hydroxylation is 1. The van der Waals surface area contributed by atoms with E-state index in [1.807, 2.05) is 10.6 Å². The van der Waals surface area contributed by atoms with Gasteiger partial charge in [0.15, 0.2) is 4.77 Å². The zero-order valence-electron chi connectivity index (χ0n) is 11.8. The van der Waals surface area contributed by atoms with Crippen LogP contribution in [-0.2, 0) is 6.54 Å². The number of rotatable bonds is 4. The summed E-state index contributed by atoms with van der Waals surface area (Å²) < 4.78 is 16.1. The van der Waals surface area contributed by atoms with Gasteiger partial charge in [-0.25, -0.2) is 4.39 Å². The molecule has 0 saturated heterocycles. The third-order valence-electron chi connectivity index (χ3n) is 3.89. The van der Waals surface area contributed by atoms with Crippen LogP contribution in [0.1, 0.15) is 24.8 Å². The summed E-state index contributed by atoms with van der Waals surface area (Å²) in [4.78, 5) is 3.13. The number of fused-ring (bicyclic) bond motifs is 1. The fraction of sp³-hybridized carbons (Fsp3) is 0.235. The van der Waals surface area contributed by atoms with Gasteiger partial charge >= 0.3 is 0 Å². The molecule has 1 heterocycles. The molecule has 0 saturated carbocycles. The van der Waals surface area contributed by atoms with Gasteiger partial charge in [0.25, 0.3) is 0 Å². The lowest BCUT2D eigenvalue weighted by atomic mass is 9.98. The minimum atomic E-state index is -0.235. The second-order valence-corrected chi connectivity index (χ2v) is 5.73. The van der Waals surface area contributed by atoms with Crippen LogP contribution in [0.25, 0.3) is 11.0 Å². The number of halogens is 1. The maximum absolute atomic E-state index is 13.4. The van der Waals surface area contributed by atoms with E-state index in [1.165, 1.54) is 17.7 Å². The molecule has 3 rings (SSSR count). The lowest BCUT2D eigenvalue weighted by Gasteiger charge is -2.12. The van der Waals surface area contributed by atoms with Gasteiger partial charge in [0.1, 0.15) is 5.82 Å². The first-order valence-corrected chi connectivity index (χ1v) is 7.49. The number of hydrogen-bond donors (Lipinski definition) is 1. The van der Waals surface area contributed by atoms with E-state index < -0.39 is 0 Å². The molecule has 0 bridgehead atoms. The molecule has 1 N–H and O–H groups in total. The molecule has 1 unspecified atom stereocenters. The van der Waals surface area contributed by atoms with Crippen molar-refractivity contribution in [1.82, 2.24) is 9.55 Å². The fourth-order valence-corrected chi connectivity index (χ4v) is 2.92. The van der Waals surface area contributed by atoms with Crippen molar-refractivity contribution in [2.24, 2.45) is 0 Å². The second kappa shape index (κ2) is 5.82. The average molecular weight is 300 g/mol. The molecule has 0 amide bonds. The van der Waals surface area contributed by atoms with Crippen molar-refractivity contribution in [3.63, 3.8) is 0 Å². The Morgan fingerprint density at radius 1 is 1.19 bits per heavy atom. The van der Waals surface area contributed by atoms with Gasteiger partial charge in [0.05, 0.1) is 11.0 Å². The number of aromatic nitrogens is 2. The molecule has 0 aliphatic carbocycles. The van der Waals surface area contributed by atoms with Crippen molar-refractivity contribution in [1.29, 1.82) is 0 Å². The Morgan fingerprint density at radius 3 is 2.71 bits per heavy atom. The molecule has 0 spiro atoms. The van der Waals surface area contributed by atoms with Crippen LogP contribution in [-0.4, -0.2) is 9.55 Å². The Bertz CT molecular complexity index is 805. The summed E-state index contributed by atoms with van der Waals surface area (Å²) in [7, 11) is 0. The molecule has 0 fully saturated rings. The molecule has 0 radical (unpaired) electrons. The van der Waals surface area contributed by atoms with E-state index in [-0.39, 0.29) is 5.82 Å². The first-order valence-electron chi connectivity index (χ1n) is 7.08. The minimum Gasteiger partial charge on any atom is -0.331 e. The quantitative estimate of drug-likeness (QED) is 0.670. The molecule has 2 nitrogen and oxygen atoms in total. The number of aromatic amines is 1. The minimum absolute atomic E-state index is 0.235. The molecule has 21 heavy (non-hydrogen) atoms. The Kier molecular flexibility index (Phi) is 3.88. The highest BCUT2D eigenvalue weighted by molar-refractivity contribution is 7.71.